The highest BCUT2D eigenvalue weighted by atomic mass is 32.2. The molecule has 0 atom stereocenters. The number of nitrogens with one attached hydrogen (secondary N) is 1. The minimum Gasteiger partial charge on any atom is -0.472 e. The topological polar surface area (TPSA) is 72.2 Å². The molecule has 0 unspecified atom stereocenters. The molecule has 21 heavy (non-hydrogen) atoms. The van der Waals surface area contributed by atoms with Crippen molar-refractivity contribution in [2.24, 2.45) is 0 Å². The molecule has 1 N–H and O–H groups in total. The van der Waals surface area contributed by atoms with Crippen LogP contribution in [0.15, 0.2) is 63.1 Å². The van der Waals surface area contributed by atoms with Crippen molar-refractivity contribution in [1.82, 2.24) is 9.71 Å². The fourth-order valence-corrected chi connectivity index (χ4v) is 3.83. The highest BCUT2D eigenvalue weighted by Gasteiger charge is 2.14. The number of sulfonamides is 1. The molecule has 0 saturated carbocycles. The van der Waals surface area contributed by atoms with Gasteiger partial charge in [0.05, 0.1) is 18.2 Å². The van der Waals surface area contributed by atoms with Gasteiger partial charge in [0.1, 0.15) is 4.21 Å². The summed E-state index contributed by atoms with van der Waals surface area (Å²) in [5.41, 5.74) is 2.47. The van der Waals surface area contributed by atoms with Crippen LogP contribution in [0.1, 0.15) is 5.56 Å². The van der Waals surface area contributed by atoms with Gasteiger partial charge in [0.25, 0.3) is 0 Å². The molecule has 0 bridgehead atoms. The molecule has 7 heteroatoms. The second-order valence-corrected chi connectivity index (χ2v) is 7.26. The van der Waals surface area contributed by atoms with Crippen LogP contribution in [0, 0.1) is 0 Å². The molecule has 0 amide bonds. The lowest BCUT2D eigenvalue weighted by Gasteiger charge is -2.05. The van der Waals surface area contributed by atoms with Gasteiger partial charge in [0.2, 0.25) is 10.0 Å². The molecule has 3 rings (SSSR count). The Hall–Kier alpha value is -1.96. The quantitative estimate of drug-likeness (QED) is 0.784. The minimum absolute atomic E-state index is 0.207. The number of hydrogen-bond donors (Lipinski definition) is 1. The fourth-order valence-electron chi connectivity index (χ4n) is 1.78. The van der Waals surface area contributed by atoms with Crippen LogP contribution in [0.2, 0.25) is 0 Å². The SMILES string of the molecule is O=S(=O)(NCc1ccc(-c2ccoc2)nc1)c1cccs1. The molecule has 0 aliphatic rings. The molecular weight excluding hydrogens is 308 g/mol. The van der Waals surface area contributed by atoms with Crippen molar-refractivity contribution in [3.05, 3.63) is 60.0 Å². The summed E-state index contributed by atoms with van der Waals surface area (Å²) in [6.07, 6.45) is 4.85. The van der Waals surface area contributed by atoms with E-state index in [4.69, 9.17) is 4.42 Å². The van der Waals surface area contributed by atoms with Crippen LogP contribution in [0.5, 0.6) is 0 Å². The van der Waals surface area contributed by atoms with E-state index in [9.17, 15) is 8.42 Å². The Kier molecular flexibility index (Phi) is 3.87. The first kappa shape index (κ1) is 14.0. The summed E-state index contributed by atoms with van der Waals surface area (Å²) >= 11 is 1.19. The molecule has 5 nitrogen and oxygen atoms in total. The van der Waals surface area contributed by atoms with E-state index in [0.29, 0.717) is 4.21 Å². The Labute approximate surface area is 126 Å². The van der Waals surface area contributed by atoms with E-state index in [2.05, 4.69) is 9.71 Å². The molecule has 3 heterocycles. The first-order valence-corrected chi connectivity index (χ1v) is 8.52. The van der Waals surface area contributed by atoms with Gasteiger partial charge in [-0.3, -0.25) is 4.98 Å². The van der Waals surface area contributed by atoms with Crippen molar-refractivity contribution in [2.75, 3.05) is 0 Å². The molecule has 0 saturated heterocycles. The highest BCUT2D eigenvalue weighted by Crippen LogP contribution is 2.18. The van der Waals surface area contributed by atoms with Gasteiger partial charge in [-0.25, -0.2) is 13.1 Å². The monoisotopic (exact) mass is 320 g/mol. The summed E-state index contributed by atoms with van der Waals surface area (Å²) < 4.78 is 31.8. The summed E-state index contributed by atoms with van der Waals surface area (Å²) in [7, 11) is -3.44. The molecular formula is C14H12N2O3S2. The lowest BCUT2D eigenvalue weighted by Crippen LogP contribution is -2.22. The molecule has 108 valence electrons. The smallest absolute Gasteiger partial charge is 0.250 e. The first-order chi connectivity index (χ1) is 10.1. The zero-order valence-electron chi connectivity index (χ0n) is 10.9. The van der Waals surface area contributed by atoms with Crippen molar-refractivity contribution >= 4 is 21.4 Å². The number of hydrogen-bond acceptors (Lipinski definition) is 5. The van der Waals surface area contributed by atoms with E-state index in [1.54, 1.807) is 36.2 Å². The molecule has 3 aromatic heterocycles. The van der Waals surface area contributed by atoms with Gasteiger partial charge in [0.15, 0.2) is 0 Å². The number of pyridine rings is 1. The zero-order chi connectivity index (χ0) is 14.7. The molecule has 0 spiro atoms. The second kappa shape index (κ2) is 5.80. The molecule has 3 aromatic rings. The van der Waals surface area contributed by atoms with E-state index < -0.39 is 10.0 Å². The van der Waals surface area contributed by atoms with Crippen molar-refractivity contribution in [3.8, 4) is 11.3 Å². The van der Waals surface area contributed by atoms with E-state index in [0.717, 1.165) is 16.8 Å². The van der Waals surface area contributed by atoms with E-state index >= 15 is 0 Å². The van der Waals surface area contributed by atoms with Crippen LogP contribution in [0.4, 0.5) is 0 Å². The summed E-state index contributed by atoms with van der Waals surface area (Å²) in [4.78, 5) is 4.29. The summed E-state index contributed by atoms with van der Waals surface area (Å²) in [6, 6.07) is 8.78. The Morgan fingerprint density at radius 2 is 2.14 bits per heavy atom. The van der Waals surface area contributed by atoms with Gasteiger partial charge in [-0.15, -0.1) is 11.3 Å². The number of nitrogens with zero attached hydrogens (tertiary/aromatic N) is 1. The van der Waals surface area contributed by atoms with Crippen LogP contribution < -0.4 is 4.72 Å². The van der Waals surface area contributed by atoms with Crippen molar-refractivity contribution in [3.63, 3.8) is 0 Å². The van der Waals surface area contributed by atoms with Gasteiger partial charge in [0, 0.05) is 18.3 Å². The first-order valence-electron chi connectivity index (χ1n) is 6.16. The van der Waals surface area contributed by atoms with E-state index in [1.165, 1.54) is 11.3 Å². The average Bonchev–Trinajstić information content (AvgIpc) is 3.19. The Morgan fingerprint density at radius 3 is 2.76 bits per heavy atom. The lowest BCUT2D eigenvalue weighted by molar-refractivity contribution is 0.568. The fraction of sp³-hybridized carbons (Fsp3) is 0.0714. The van der Waals surface area contributed by atoms with Crippen molar-refractivity contribution < 1.29 is 12.8 Å². The maximum Gasteiger partial charge on any atom is 0.250 e. The number of aromatic nitrogens is 1. The maximum atomic E-state index is 12.0. The summed E-state index contributed by atoms with van der Waals surface area (Å²) in [5.74, 6) is 0. The van der Waals surface area contributed by atoms with Gasteiger partial charge in [-0.05, 0) is 29.1 Å². The number of rotatable bonds is 5. The third kappa shape index (κ3) is 3.21. The van der Waals surface area contributed by atoms with Crippen molar-refractivity contribution in [2.45, 2.75) is 10.8 Å². The number of thiophene rings is 1. The van der Waals surface area contributed by atoms with Crippen molar-refractivity contribution in [1.29, 1.82) is 0 Å². The van der Waals surface area contributed by atoms with Gasteiger partial charge in [-0.1, -0.05) is 12.1 Å². The molecule has 0 aliphatic carbocycles. The normalized spacial score (nSPS) is 11.6. The van der Waals surface area contributed by atoms with E-state index in [-0.39, 0.29) is 6.54 Å². The Morgan fingerprint density at radius 1 is 1.24 bits per heavy atom. The van der Waals surface area contributed by atoms with E-state index in [1.807, 2.05) is 18.2 Å². The third-order valence-corrected chi connectivity index (χ3v) is 5.67. The average molecular weight is 320 g/mol. The van der Waals surface area contributed by atoms with Crippen LogP contribution in [0.25, 0.3) is 11.3 Å². The van der Waals surface area contributed by atoms with Gasteiger partial charge < -0.3 is 4.42 Å². The van der Waals surface area contributed by atoms with Gasteiger partial charge in [-0.2, -0.15) is 0 Å². The maximum absolute atomic E-state index is 12.0. The minimum atomic E-state index is -3.44. The highest BCUT2D eigenvalue weighted by molar-refractivity contribution is 7.91. The lowest BCUT2D eigenvalue weighted by atomic mass is 10.2. The molecule has 0 fully saturated rings. The van der Waals surface area contributed by atoms with Crippen LogP contribution in [-0.4, -0.2) is 13.4 Å². The van der Waals surface area contributed by atoms with Crippen LogP contribution in [-0.2, 0) is 16.6 Å². The predicted molar refractivity (Wildman–Crippen MR) is 80.3 cm³/mol. The van der Waals surface area contributed by atoms with Crippen LogP contribution >= 0.6 is 11.3 Å². The molecule has 0 aliphatic heterocycles. The van der Waals surface area contributed by atoms with Crippen LogP contribution in [0.3, 0.4) is 0 Å². The molecule has 0 radical (unpaired) electrons. The third-order valence-electron chi connectivity index (χ3n) is 2.87. The largest absolute Gasteiger partial charge is 0.472 e. The predicted octanol–water partition coefficient (Wildman–Crippen LogP) is 2.88. The summed E-state index contributed by atoms with van der Waals surface area (Å²) in [6.45, 7) is 0.207. The summed E-state index contributed by atoms with van der Waals surface area (Å²) in [5, 5.41) is 1.73. The van der Waals surface area contributed by atoms with Gasteiger partial charge >= 0.3 is 0 Å². The standard InChI is InChI=1S/C14H12N2O3S2/c17-21(18,14-2-1-7-20-14)16-9-11-3-4-13(15-8-11)12-5-6-19-10-12/h1-8,10,16H,9H2. The molecule has 0 aromatic carbocycles. The Bertz CT molecular complexity index is 793. The second-order valence-electron chi connectivity index (χ2n) is 4.32. The Balaban J connectivity index is 1.69. The number of furan rings is 1. The zero-order valence-corrected chi connectivity index (χ0v) is 12.5.